The molecule has 2 aromatic heterocycles. The van der Waals surface area contributed by atoms with E-state index in [1.165, 1.54) is 24.2 Å². The lowest BCUT2D eigenvalue weighted by Gasteiger charge is -2.34. The first-order valence-corrected chi connectivity index (χ1v) is 15.1. The lowest BCUT2D eigenvalue weighted by Crippen LogP contribution is -2.45. The fraction of sp³-hybridized carbons (Fsp3) is 0.290. The highest BCUT2D eigenvalue weighted by molar-refractivity contribution is 6.30. The zero-order chi connectivity index (χ0) is 33.3. The molecule has 4 aromatic rings. The SMILES string of the molecule is CNC(=O)N1CCC[C@@H](CC(NC(=O)C=Cc2cc(Cl)ccc2-n2cnnn2)c2cc(-c3ccc(NC(=O)OC)cc3)c(=O)[nH]n2)C1. The van der Waals surface area contributed by atoms with Gasteiger partial charge in [0.05, 0.1) is 30.1 Å². The lowest BCUT2D eigenvalue weighted by molar-refractivity contribution is -0.117. The van der Waals surface area contributed by atoms with E-state index >= 15 is 0 Å². The highest BCUT2D eigenvalue weighted by atomic mass is 35.5. The van der Waals surface area contributed by atoms with E-state index in [1.807, 2.05) is 0 Å². The topological polar surface area (TPSA) is 189 Å². The molecule has 15 nitrogen and oxygen atoms in total. The molecule has 1 saturated heterocycles. The third-order valence-corrected chi connectivity index (χ3v) is 7.95. The Bertz CT molecular complexity index is 1810. The van der Waals surface area contributed by atoms with Crippen molar-refractivity contribution in [2.75, 3.05) is 32.6 Å². The van der Waals surface area contributed by atoms with Crippen molar-refractivity contribution in [1.29, 1.82) is 0 Å². The zero-order valence-electron chi connectivity index (χ0n) is 25.6. The second kappa shape index (κ2) is 15.1. The molecule has 1 aliphatic rings. The summed E-state index contributed by atoms with van der Waals surface area (Å²) in [5.41, 5.74) is 2.64. The number of piperidine rings is 1. The summed E-state index contributed by atoms with van der Waals surface area (Å²) >= 11 is 6.24. The predicted octanol–water partition coefficient (Wildman–Crippen LogP) is 3.56. The van der Waals surface area contributed by atoms with Gasteiger partial charge in [-0.3, -0.25) is 14.9 Å². The molecule has 0 spiro atoms. The second-order valence-corrected chi connectivity index (χ2v) is 11.3. The number of tetrazole rings is 1. The van der Waals surface area contributed by atoms with Gasteiger partial charge in [-0.25, -0.2) is 14.7 Å². The number of benzene rings is 2. The van der Waals surface area contributed by atoms with E-state index in [0.29, 0.717) is 58.3 Å². The summed E-state index contributed by atoms with van der Waals surface area (Å²) in [5, 5.41) is 26.9. The number of nitrogens with zero attached hydrogens (tertiary/aromatic N) is 6. The molecule has 1 unspecified atom stereocenters. The van der Waals surface area contributed by atoms with Gasteiger partial charge >= 0.3 is 12.1 Å². The van der Waals surface area contributed by atoms with E-state index in [2.05, 4.69) is 46.4 Å². The Labute approximate surface area is 274 Å². The number of aromatic amines is 1. The number of amides is 4. The first-order valence-electron chi connectivity index (χ1n) is 14.8. The average Bonchev–Trinajstić information content (AvgIpc) is 3.62. The molecule has 1 aliphatic heterocycles. The van der Waals surface area contributed by atoms with Crippen LogP contribution in [0, 0.1) is 5.92 Å². The third-order valence-electron chi connectivity index (χ3n) is 7.71. The summed E-state index contributed by atoms with van der Waals surface area (Å²) in [6.07, 6.45) is 5.92. The number of hydrogen-bond acceptors (Lipinski definition) is 9. The van der Waals surface area contributed by atoms with Crippen LogP contribution in [0.2, 0.25) is 5.02 Å². The minimum atomic E-state index is -0.617. The number of likely N-dealkylation sites (tertiary alicyclic amines) is 1. The summed E-state index contributed by atoms with van der Waals surface area (Å²) in [6.45, 7) is 1.14. The van der Waals surface area contributed by atoms with Gasteiger partial charge in [0.2, 0.25) is 5.91 Å². The molecule has 3 heterocycles. The van der Waals surface area contributed by atoms with E-state index < -0.39 is 23.6 Å². The van der Waals surface area contributed by atoms with Gasteiger partial charge in [0.1, 0.15) is 6.33 Å². The second-order valence-electron chi connectivity index (χ2n) is 10.8. The summed E-state index contributed by atoms with van der Waals surface area (Å²) in [5.74, 6) is -0.361. The number of halogens is 1. The smallest absolute Gasteiger partial charge is 0.411 e. The van der Waals surface area contributed by atoms with Crippen LogP contribution in [0.15, 0.2) is 65.7 Å². The Morgan fingerprint density at radius 1 is 1.17 bits per heavy atom. The van der Waals surface area contributed by atoms with E-state index in [1.54, 1.807) is 66.6 Å². The molecular weight excluding hydrogens is 628 g/mol. The van der Waals surface area contributed by atoms with Crippen molar-refractivity contribution in [2.45, 2.75) is 25.3 Å². The summed E-state index contributed by atoms with van der Waals surface area (Å²) < 4.78 is 6.09. The van der Waals surface area contributed by atoms with Crippen molar-refractivity contribution in [3.8, 4) is 16.8 Å². The van der Waals surface area contributed by atoms with E-state index in [0.717, 1.165) is 12.8 Å². The van der Waals surface area contributed by atoms with Gasteiger partial charge in [-0.1, -0.05) is 23.7 Å². The average molecular weight is 661 g/mol. The fourth-order valence-electron chi connectivity index (χ4n) is 5.43. The molecule has 4 amide bonds. The van der Waals surface area contributed by atoms with Gasteiger partial charge in [0.25, 0.3) is 5.56 Å². The van der Waals surface area contributed by atoms with E-state index in [4.69, 9.17) is 11.6 Å². The normalized spacial score (nSPS) is 15.2. The predicted molar refractivity (Wildman–Crippen MR) is 174 cm³/mol. The van der Waals surface area contributed by atoms with E-state index in [9.17, 15) is 19.2 Å². The minimum Gasteiger partial charge on any atom is -0.453 e. The first-order chi connectivity index (χ1) is 22.7. The van der Waals surface area contributed by atoms with Crippen LogP contribution >= 0.6 is 11.6 Å². The number of ether oxygens (including phenoxy) is 1. The van der Waals surface area contributed by atoms with Crippen LogP contribution in [0.4, 0.5) is 15.3 Å². The van der Waals surface area contributed by atoms with Gasteiger partial charge in [-0.2, -0.15) is 9.78 Å². The van der Waals surface area contributed by atoms with Crippen molar-refractivity contribution in [1.82, 2.24) is 45.9 Å². The Hall–Kier alpha value is -5.57. The summed E-state index contributed by atoms with van der Waals surface area (Å²) in [6, 6.07) is 12.7. The van der Waals surface area contributed by atoms with Crippen molar-refractivity contribution in [2.24, 2.45) is 5.92 Å². The number of methoxy groups -OCH3 is 1. The minimum absolute atomic E-state index is 0.0514. The summed E-state index contributed by atoms with van der Waals surface area (Å²) in [7, 11) is 2.86. The van der Waals surface area contributed by atoms with E-state index in [-0.39, 0.29) is 11.9 Å². The van der Waals surface area contributed by atoms with Crippen LogP contribution in [-0.4, -0.2) is 80.6 Å². The van der Waals surface area contributed by atoms with Crippen molar-refractivity contribution < 1.29 is 19.1 Å². The molecular formula is C31H33ClN10O5. The number of carbonyl (C=O) groups excluding carboxylic acids is 3. The van der Waals surface area contributed by atoms with Crippen LogP contribution in [0.3, 0.4) is 0 Å². The first kappa shape index (κ1) is 32.8. The zero-order valence-corrected chi connectivity index (χ0v) is 26.4. The van der Waals surface area contributed by atoms with Gasteiger partial charge < -0.3 is 20.3 Å². The van der Waals surface area contributed by atoms with Crippen LogP contribution in [0.5, 0.6) is 0 Å². The fourth-order valence-corrected chi connectivity index (χ4v) is 5.61. The molecule has 0 bridgehead atoms. The molecule has 0 aliphatic carbocycles. The summed E-state index contributed by atoms with van der Waals surface area (Å²) in [4.78, 5) is 52.0. The Balaban J connectivity index is 1.42. The molecule has 2 atom stereocenters. The number of carbonyl (C=O) groups is 3. The number of H-pyrrole nitrogens is 1. The monoisotopic (exact) mass is 660 g/mol. The molecule has 2 aromatic carbocycles. The highest BCUT2D eigenvalue weighted by Gasteiger charge is 2.28. The quantitative estimate of drug-likeness (QED) is 0.195. The number of nitrogens with one attached hydrogen (secondary N) is 4. The van der Waals surface area contributed by atoms with Crippen molar-refractivity contribution in [3.63, 3.8) is 0 Å². The maximum atomic E-state index is 13.4. The molecule has 0 radical (unpaired) electrons. The largest absolute Gasteiger partial charge is 0.453 e. The number of urea groups is 1. The molecule has 4 N–H and O–H groups in total. The van der Waals surface area contributed by atoms with Crippen molar-refractivity contribution >= 4 is 41.4 Å². The number of aromatic nitrogens is 6. The van der Waals surface area contributed by atoms with Gasteiger partial charge in [0.15, 0.2) is 0 Å². The number of anilines is 1. The van der Waals surface area contributed by atoms with Crippen LogP contribution in [-0.2, 0) is 9.53 Å². The molecule has 244 valence electrons. The molecule has 0 saturated carbocycles. The van der Waals surface area contributed by atoms with Crippen LogP contribution in [0.25, 0.3) is 22.9 Å². The highest BCUT2D eigenvalue weighted by Crippen LogP contribution is 2.29. The standard InChI is InChI=1S/C31H33ClN10O5/c1-33-30(45)41-13-3-4-19(17-41)14-25(36-28(43)12-7-21-15-22(32)8-11-27(21)42-18-34-39-40-42)26-16-24(29(44)38-37-26)20-5-9-23(10-6-20)35-31(46)47-2/h5-12,15-16,18-19,25H,3-4,13-14,17H2,1-2H3,(H,33,45)(H,35,46)(H,36,43)(H,38,44)/t19-,25?/m0/s1. The Kier molecular flexibility index (Phi) is 10.6. The van der Waals surface area contributed by atoms with Crippen LogP contribution in [0.1, 0.15) is 36.6 Å². The molecule has 1 fully saturated rings. The number of hydrogen-bond donors (Lipinski definition) is 4. The third kappa shape index (κ3) is 8.38. The Morgan fingerprint density at radius 2 is 1.98 bits per heavy atom. The van der Waals surface area contributed by atoms with Crippen molar-refractivity contribution in [3.05, 3.63) is 87.6 Å². The Morgan fingerprint density at radius 3 is 2.70 bits per heavy atom. The molecule has 5 rings (SSSR count). The van der Waals surface area contributed by atoms with Crippen LogP contribution < -0.4 is 21.5 Å². The molecule has 16 heteroatoms. The maximum absolute atomic E-state index is 13.4. The number of rotatable bonds is 9. The lowest BCUT2D eigenvalue weighted by atomic mass is 9.89. The maximum Gasteiger partial charge on any atom is 0.411 e. The molecule has 47 heavy (non-hydrogen) atoms. The van der Waals surface area contributed by atoms with Gasteiger partial charge in [0, 0.05) is 42.5 Å². The van der Waals surface area contributed by atoms with Gasteiger partial charge in [-0.15, -0.1) is 5.10 Å². The van der Waals surface area contributed by atoms with Gasteiger partial charge in [-0.05, 0) is 83.6 Å².